The van der Waals surface area contributed by atoms with Crippen LogP contribution >= 0.6 is 0 Å². The van der Waals surface area contributed by atoms with E-state index in [0.29, 0.717) is 18.7 Å². The van der Waals surface area contributed by atoms with Crippen LogP contribution in [0.5, 0.6) is 0 Å². The lowest BCUT2D eigenvalue weighted by Gasteiger charge is -2.14. The Labute approximate surface area is 167 Å². The van der Waals surface area contributed by atoms with Crippen LogP contribution in [0.4, 0.5) is 0 Å². The number of nitrogens with zero attached hydrogens (tertiary/aromatic N) is 1. The molecule has 1 aliphatic rings. The van der Waals surface area contributed by atoms with Crippen molar-refractivity contribution in [2.75, 3.05) is 19.6 Å². The Morgan fingerprint density at radius 1 is 1.04 bits per heavy atom. The molecule has 0 unspecified atom stereocenters. The molecule has 0 saturated carbocycles. The molecule has 0 bridgehead atoms. The second-order valence-corrected chi connectivity index (χ2v) is 8.78. The first-order valence-electron chi connectivity index (χ1n) is 9.66. The van der Waals surface area contributed by atoms with Crippen molar-refractivity contribution in [2.24, 2.45) is 0 Å². The quantitative estimate of drug-likeness (QED) is 0.712. The molecule has 1 heterocycles. The number of benzene rings is 2. The molecule has 2 aromatic rings. The van der Waals surface area contributed by atoms with E-state index in [1.54, 1.807) is 19.1 Å². The van der Waals surface area contributed by atoms with Crippen LogP contribution in [0.3, 0.4) is 0 Å². The van der Waals surface area contributed by atoms with Crippen molar-refractivity contribution in [3.05, 3.63) is 65.2 Å². The van der Waals surface area contributed by atoms with Gasteiger partial charge in [-0.2, -0.15) is 0 Å². The molecule has 0 aliphatic carbocycles. The molecule has 1 aliphatic heterocycles. The van der Waals surface area contributed by atoms with Gasteiger partial charge in [-0.15, -0.1) is 0 Å². The van der Waals surface area contributed by atoms with E-state index in [9.17, 15) is 13.2 Å². The van der Waals surface area contributed by atoms with Crippen LogP contribution in [-0.4, -0.2) is 38.9 Å². The fourth-order valence-electron chi connectivity index (χ4n) is 3.32. The highest BCUT2D eigenvalue weighted by molar-refractivity contribution is 7.89. The number of likely N-dealkylation sites (tertiary alicyclic amines) is 1. The van der Waals surface area contributed by atoms with Crippen LogP contribution in [0.15, 0.2) is 53.4 Å². The summed E-state index contributed by atoms with van der Waals surface area (Å²) in [4.78, 5) is 15.0. The maximum Gasteiger partial charge on any atom is 0.251 e. The fourth-order valence-corrected chi connectivity index (χ4v) is 4.41. The van der Waals surface area contributed by atoms with Crippen molar-refractivity contribution in [3.63, 3.8) is 0 Å². The van der Waals surface area contributed by atoms with Crippen molar-refractivity contribution in [1.82, 2.24) is 14.9 Å². The zero-order valence-corrected chi connectivity index (χ0v) is 17.0. The lowest BCUT2D eigenvalue weighted by Crippen LogP contribution is -2.25. The highest BCUT2D eigenvalue weighted by Crippen LogP contribution is 2.14. The molecular formula is C21H27N3O3S. The van der Waals surface area contributed by atoms with Crippen LogP contribution < -0.4 is 10.0 Å². The van der Waals surface area contributed by atoms with Crippen molar-refractivity contribution >= 4 is 15.9 Å². The van der Waals surface area contributed by atoms with E-state index in [1.165, 1.54) is 43.6 Å². The van der Waals surface area contributed by atoms with Gasteiger partial charge in [-0.3, -0.25) is 9.69 Å². The SMILES string of the molecule is CCNS(=O)(=O)c1cccc(C(=O)NCc2ccc(CN3CCCC3)cc2)c1. The van der Waals surface area contributed by atoms with Gasteiger partial charge in [0.2, 0.25) is 10.0 Å². The van der Waals surface area contributed by atoms with Gasteiger partial charge in [0.15, 0.2) is 0 Å². The van der Waals surface area contributed by atoms with Crippen LogP contribution in [0.2, 0.25) is 0 Å². The number of hydrogen-bond donors (Lipinski definition) is 2. The van der Waals surface area contributed by atoms with Gasteiger partial charge in [0, 0.05) is 25.2 Å². The summed E-state index contributed by atoms with van der Waals surface area (Å²) in [6.07, 6.45) is 2.56. The number of sulfonamides is 1. The van der Waals surface area contributed by atoms with E-state index in [0.717, 1.165) is 12.1 Å². The molecule has 0 spiro atoms. The molecule has 0 aromatic heterocycles. The Balaban J connectivity index is 1.58. The summed E-state index contributed by atoms with van der Waals surface area (Å²) in [5.41, 5.74) is 2.61. The monoisotopic (exact) mass is 401 g/mol. The number of carbonyl (C=O) groups is 1. The summed E-state index contributed by atoms with van der Waals surface area (Å²) in [5.74, 6) is -0.297. The lowest BCUT2D eigenvalue weighted by atomic mass is 10.1. The molecular weight excluding hydrogens is 374 g/mol. The van der Waals surface area contributed by atoms with E-state index < -0.39 is 10.0 Å². The van der Waals surface area contributed by atoms with Crippen LogP contribution in [0.25, 0.3) is 0 Å². The molecule has 1 amide bonds. The van der Waals surface area contributed by atoms with Gasteiger partial charge in [-0.05, 0) is 55.3 Å². The fraction of sp³-hybridized carbons (Fsp3) is 0.381. The molecule has 2 aromatic carbocycles. The summed E-state index contributed by atoms with van der Waals surface area (Å²) < 4.78 is 26.6. The Hall–Kier alpha value is -2.22. The van der Waals surface area contributed by atoms with Crippen LogP contribution in [0, 0.1) is 0 Å². The molecule has 3 rings (SSSR count). The summed E-state index contributed by atoms with van der Waals surface area (Å²) >= 11 is 0. The molecule has 1 fully saturated rings. The summed E-state index contributed by atoms with van der Waals surface area (Å²) in [7, 11) is -3.58. The zero-order valence-electron chi connectivity index (χ0n) is 16.1. The Bertz CT molecular complexity index is 905. The van der Waals surface area contributed by atoms with Gasteiger partial charge >= 0.3 is 0 Å². The predicted octanol–water partition coefficient (Wildman–Crippen LogP) is 2.51. The van der Waals surface area contributed by atoms with Crippen LogP contribution in [-0.2, 0) is 23.1 Å². The third-order valence-corrected chi connectivity index (χ3v) is 6.37. The van der Waals surface area contributed by atoms with E-state index in [-0.39, 0.29) is 10.8 Å². The number of rotatable bonds is 8. The minimum Gasteiger partial charge on any atom is -0.348 e. The molecule has 2 N–H and O–H groups in total. The average Bonchev–Trinajstić information content (AvgIpc) is 3.20. The summed E-state index contributed by atoms with van der Waals surface area (Å²) in [6, 6.07) is 14.3. The van der Waals surface area contributed by atoms with E-state index in [4.69, 9.17) is 0 Å². The largest absolute Gasteiger partial charge is 0.348 e. The second-order valence-electron chi connectivity index (χ2n) is 7.01. The highest BCUT2D eigenvalue weighted by Gasteiger charge is 2.15. The number of amides is 1. The third kappa shape index (κ3) is 5.41. The first-order valence-corrected chi connectivity index (χ1v) is 11.1. The first-order chi connectivity index (χ1) is 13.5. The Morgan fingerprint density at radius 3 is 2.39 bits per heavy atom. The van der Waals surface area contributed by atoms with Crippen molar-refractivity contribution in [3.8, 4) is 0 Å². The minimum absolute atomic E-state index is 0.0910. The molecule has 28 heavy (non-hydrogen) atoms. The van der Waals surface area contributed by atoms with Crippen LogP contribution in [0.1, 0.15) is 41.3 Å². The maximum absolute atomic E-state index is 12.4. The maximum atomic E-state index is 12.4. The molecule has 6 nitrogen and oxygen atoms in total. The lowest BCUT2D eigenvalue weighted by molar-refractivity contribution is 0.0950. The van der Waals surface area contributed by atoms with Crippen molar-refractivity contribution in [1.29, 1.82) is 0 Å². The van der Waals surface area contributed by atoms with E-state index in [1.807, 2.05) is 12.1 Å². The molecule has 0 radical (unpaired) electrons. The normalized spacial score (nSPS) is 14.9. The minimum atomic E-state index is -3.58. The summed E-state index contributed by atoms with van der Waals surface area (Å²) in [6.45, 7) is 5.71. The molecule has 0 atom stereocenters. The predicted molar refractivity (Wildman–Crippen MR) is 109 cm³/mol. The molecule has 1 saturated heterocycles. The second kappa shape index (κ2) is 9.32. The first kappa shape index (κ1) is 20.5. The van der Waals surface area contributed by atoms with Gasteiger partial charge in [-0.25, -0.2) is 13.1 Å². The van der Waals surface area contributed by atoms with Gasteiger partial charge in [0.25, 0.3) is 5.91 Å². The highest BCUT2D eigenvalue weighted by atomic mass is 32.2. The standard InChI is InChI=1S/C21H27N3O3S/c1-2-23-28(26,27)20-7-5-6-19(14-20)21(25)22-15-17-8-10-18(11-9-17)16-24-12-3-4-13-24/h5-11,14,23H,2-4,12-13,15-16H2,1H3,(H,22,25). The third-order valence-electron chi connectivity index (χ3n) is 4.82. The number of carbonyl (C=O) groups excluding carboxylic acids is 1. The van der Waals surface area contributed by atoms with Crippen molar-refractivity contribution in [2.45, 2.75) is 37.8 Å². The van der Waals surface area contributed by atoms with Gasteiger partial charge in [-0.1, -0.05) is 37.3 Å². The number of nitrogens with one attached hydrogen (secondary N) is 2. The van der Waals surface area contributed by atoms with E-state index in [2.05, 4.69) is 27.1 Å². The Morgan fingerprint density at radius 2 is 1.71 bits per heavy atom. The van der Waals surface area contributed by atoms with E-state index >= 15 is 0 Å². The summed E-state index contributed by atoms with van der Waals surface area (Å²) in [5, 5.41) is 2.85. The molecule has 150 valence electrons. The smallest absolute Gasteiger partial charge is 0.251 e. The van der Waals surface area contributed by atoms with Crippen molar-refractivity contribution < 1.29 is 13.2 Å². The zero-order chi connectivity index (χ0) is 20.0. The number of hydrogen-bond acceptors (Lipinski definition) is 4. The van der Waals surface area contributed by atoms with Gasteiger partial charge < -0.3 is 5.32 Å². The molecule has 7 heteroatoms. The topological polar surface area (TPSA) is 78.5 Å². The Kier molecular flexibility index (Phi) is 6.83. The van der Waals surface area contributed by atoms with Gasteiger partial charge in [0.1, 0.15) is 0 Å². The van der Waals surface area contributed by atoms with Gasteiger partial charge in [0.05, 0.1) is 4.90 Å². The average molecular weight is 402 g/mol.